The summed E-state index contributed by atoms with van der Waals surface area (Å²) in [6, 6.07) is 0. The van der Waals surface area contributed by atoms with Crippen LogP contribution in [0.4, 0.5) is 0 Å². The van der Waals surface area contributed by atoms with Gasteiger partial charge in [-0.15, -0.1) is 0 Å². The molecule has 0 aliphatic carbocycles. The Morgan fingerprint density at radius 3 is 1.51 bits per heavy atom. The molecule has 3 N–H and O–H groups in total. The van der Waals surface area contributed by atoms with Crippen LogP contribution in [-0.2, 0) is 28.2 Å². The van der Waals surface area contributed by atoms with Crippen molar-refractivity contribution in [1.29, 1.82) is 0 Å². The molecule has 0 aromatic carbocycles. The molecule has 0 aromatic heterocycles. The first-order valence-corrected chi connectivity index (χ1v) is 21.2. The van der Waals surface area contributed by atoms with Gasteiger partial charge in [0.25, 0.3) is 0 Å². The van der Waals surface area contributed by atoms with E-state index in [-0.39, 0.29) is 26.1 Å². The number of hydrogen-bond acceptors (Lipinski definition) is 7. The van der Waals surface area contributed by atoms with Crippen LogP contribution in [0.3, 0.4) is 0 Å². The number of rotatable bonds is 36. The predicted molar refractivity (Wildman–Crippen MR) is 208 cm³/mol. The Hall–Kier alpha value is -2.29. The number of phosphoric ester groups is 1. The number of unbranched alkanes of at least 4 members (excludes halogenated alkanes) is 15. The highest BCUT2D eigenvalue weighted by molar-refractivity contribution is 7.46. The van der Waals surface area contributed by atoms with Crippen LogP contribution in [0.2, 0.25) is 0 Å². The Bertz CT molecular complexity index is 1010. The minimum absolute atomic E-state index is 0.122. The van der Waals surface area contributed by atoms with E-state index in [0.29, 0.717) is 19.3 Å². The second-order valence-electron chi connectivity index (χ2n) is 13.0. The molecule has 51 heavy (non-hydrogen) atoms. The van der Waals surface area contributed by atoms with Crippen LogP contribution < -0.4 is 0 Å². The number of aliphatic hydroxyl groups is 1. The van der Waals surface area contributed by atoms with Crippen molar-refractivity contribution in [3.8, 4) is 0 Å². The third-order valence-electron chi connectivity index (χ3n) is 8.06. The molecule has 0 heterocycles. The summed E-state index contributed by atoms with van der Waals surface area (Å²) in [5, 5.41) is 8.77. The average molecular weight is 739 g/mol. The van der Waals surface area contributed by atoms with E-state index in [1.165, 1.54) is 44.9 Å². The van der Waals surface area contributed by atoms with Gasteiger partial charge in [-0.05, 0) is 83.5 Å². The molecule has 0 aromatic rings. The van der Waals surface area contributed by atoms with Gasteiger partial charge in [0.15, 0.2) is 6.10 Å². The normalized spacial score (nSPS) is 13.1. The van der Waals surface area contributed by atoms with Crippen LogP contribution in [0.15, 0.2) is 60.8 Å². The molecule has 0 aliphatic rings. The lowest BCUT2D eigenvalue weighted by Gasteiger charge is -2.18. The van der Waals surface area contributed by atoms with Gasteiger partial charge >= 0.3 is 19.8 Å². The number of phosphoric acid groups is 1. The molecule has 1 atom stereocenters. The highest BCUT2D eigenvalue weighted by Crippen LogP contribution is 2.36. The van der Waals surface area contributed by atoms with Crippen molar-refractivity contribution in [2.75, 3.05) is 19.8 Å². The fourth-order valence-corrected chi connectivity index (χ4v) is 5.46. The van der Waals surface area contributed by atoms with Gasteiger partial charge in [0.1, 0.15) is 6.61 Å². The Morgan fingerprint density at radius 1 is 0.549 bits per heavy atom. The molecule has 9 nitrogen and oxygen atoms in total. The molecule has 10 heteroatoms. The van der Waals surface area contributed by atoms with E-state index >= 15 is 0 Å². The number of esters is 2. The molecule has 0 rings (SSSR count). The summed E-state index contributed by atoms with van der Waals surface area (Å²) in [6.07, 6.45) is 43.9. The molecule has 0 spiro atoms. The zero-order chi connectivity index (χ0) is 37.5. The maximum atomic E-state index is 12.4. The first-order valence-electron chi connectivity index (χ1n) is 19.7. The maximum Gasteiger partial charge on any atom is 0.469 e. The minimum atomic E-state index is -4.78. The lowest BCUT2D eigenvalue weighted by atomic mass is 10.1. The van der Waals surface area contributed by atoms with Gasteiger partial charge in [-0.1, -0.05) is 125 Å². The molecule has 0 amide bonds. The molecule has 0 fully saturated rings. The second-order valence-corrected chi connectivity index (χ2v) is 14.2. The molecular weight excluding hydrogens is 667 g/mol. The Labute approximate surface area is 309 Å². The number of carbonyl (C=O) groups is 2. The van der Waals surface area contributed by atoms with E-state index < -0.39 is 32.5 Å². The topological polar surface area (TPSA) is 140 Å². The summed E-state index contributed by atoms with van der Waals surface area (Å²) < 4.78 is 26.3. The zero-order valence-corrected chi connectivity index (χ0v) is 32.6. The van der Waals surface area contributed by atoms with E-state index in [2.05, 4.69) is 60.1 Å². The fraction of sp³-hybridized carbons (Fsp3) is 0.707. The van der Waals surface area contributed by atoms with Crippen LogP contribution in [0.25, 0.3) is 0 Å². The monoisotopic (exact) mass is 738 g/mol. The van der Waals surface area contributed by atoms with E-state index in [0.717, 1.165) is 77.0 Å². The molecule has 0 radical (unpaired) electrons. The van der Waals surface area contributed by atoms with Crippen LogP contribution in [0.5, 0.6) is 0 Å². The zero-order valence-electron chi connectivity index (χ0n) is 31.7. The average Bonchev–Trinajstić information content (AvgIpc) is 3.10. The highest BCUT2D eigenvalue weighted by Gasteiger charge is 2.22. The van der Waals surface area contributed by atoms with E-state index in [4.69, 9.17) is 24.4 Å². The summed E-state index contributed by atoms with van der Waals surface area (Å²) >= 11 is 0. The first-order chi connectivity index (χ1) is 24.8. The summed E-state index contributed by atoms with van der Waals surface area (Å²) in [5.74, 6) is -0.978. The molecule has 0 saturated heterocycles. The molecule has 0 saturated carbocycles. The first kappa shape index (κ1) is 48.7. The van der Waals surface area contributed by atoms with Gasteiger partial charge in [0.2, 0.25) is 0 Å². The Kier molecular flexibility index (Phi) is 35.8. The number of allylic oxidation sites excluding steroid dienone is 10. The van der Waals surface area contributed by atoms with Gasteiger partial charge in [0, 0.05) is 19.4 Å². The summed E-state index contributed by atoms with van der Waals surface area (Å²) in [7, 11) is -4.78. The highest BCUT2D eigenvalue weighted by atomic mass is 31.2. The third-order valence-corrected chi connectivity index (χ3v) is 8.55. The van der Waals surface area contributed by atoms with Crippen LogP contribution >= 0.6 is 7.82 Å². The van der Waals surface area contributed by atoms with Crippen molar-refractivity contribution in [3.05, 3.63) is 60.8 Å². The lowest BCUT2D eigenvalue weighted by molar-refractivity contribution is -0.161. The quantitative estimate of drug-likeness (QED) is 0.0248. The lowest BCUT2D eigenvalue weighted by Crippen LogP contribution is -2.29. The van der Waals surface area contributed by atoms with Crippen molar-refractivity contribution >= 4 is 19.8 Å². The Morgan fingerprint density at radius 2 is 0.980 bits per heavy atom. The van der Waals surface area contributed by atoms with Crippen LogP contribution in [0.1, 0.15) is 161 Å². The number of carbonyl (C=O) groups excluding carboxylic acids is 2. The maximum absolute atomic E-state index is 12.4. The number of ether oxygens (including phenoxy) is 2. The smallest absolute Gasteiger partial charge is 0.462 e. The van der Waals surface area contributed by atoms with Gasteiger partial charge in [-0.2, -0.15) is 0 Å². The van der Waals surface area contributed by atoms with E-state index in [1.54, 1.807) is 0 Å². The van der Waals surface area contributed by atoms with Crippen LogP contribution in [-0.4, -0.2) is 52.8 Å². The second kappa shape index (κ2) is 37.5. The largest absolute Gasteiger partial charge is 0.469 e. The summed E-state index contributed by atoms with van der Waals surface area (Å²) in [5.41, 5.74) is 0. The van der Waals surface area contributed by atoms with Crippen molar-refractivity contribution < 1.29 is 43.0 Å². The molecule has 0 bridgehead atoms. The molecular formula is C41H71O9P. The fourth-order valence-electron chi connectivity index (χ4n) is 5.10. The molecule has 294 valence electrons. The summed E-state index contributed by atoms with van der Waals surface area (Å²) in [4.78, 5) is 42.7. The predicted octanol–water partition coefficient (Wildman–Crippen LogP) is 10.7. The summed E-state index contributed by atoms with van der Waals surface area (Å²) in [6.45, 7) is 1.63. The van der Waals surface area contributed by atoms with Gasteiger partial charge in [-0.3, -0.25) is 14.1 Å². The SMILES string of the molecule is CCCCCCCC/C=C\CCCCCCCC(=O)OC[C@H](COP(=O)(O)O)OC(=O)CCC/C=C\C/C=C\C/C=C\C/C=C\CCCCCO. The van der Waals surface area contributed by atoms with Crippen molar-refractivity contribution in [1.82, 2.24) is 0 Å². The van der Waals surface area contributed by atoms with Crippen molar-refractivity contribution in [2.45, 2.75) is 167 Å². The minimum Gasteiger partial charge on any atom is -0.462 e. The van der Waals surface area contributed by atoms with E-state index in [1.807, 2.05) is 12.2 Å². The molecule has 0 aliphatic heterocycles. The number of hydrogen-bond donors (Lipinski definition) is 3. The standard InChI is InChI=1S/C41H71O9P/c1-2-3-4-5-6-7-8-9-13-16-19-22-25-28-31-34-40(43)48-37-39(38-49-51(45,46)47)50-41(44)35-32-29-26-23-20-17-14-11-10-12-15-18-21-24-27-30-33-36-42/h9-10,12-14,17-18,21,23,26,39,42H,2-8,11,15-16,19-20,22,24-25,27-38H2,1H3,(H2,45,46,47)/b12-10-,13-9-,17-14-,21-18-,26-23-/t39-/m1/s1. The van der Waals surface area contributed by atoms with Gasteiger partial charge in [-0.25, -0.2) is 4.57 Å². The van der Waals surface area contributed by atoms with Gasteiger partial charge < -0.3 is 24.4 Å². The van der Waals surface area contributed by atoms with Crippen LogP contribution in [0, 0.1) is 0 Å². The van der Waals surface area contributed by atoms with Gasteiger partial charge in [0.05, 0.1) is 6.61 Å². The third kappa shape index (κ3) is 40.3. The Balaban J connectivity index is 4.07. The molecule has 0 unspecified atom stereocenters. The van der Waals surface area contributed by atoms with E-state index in [9.17, 15) is 14.2 Å². The van der Waals surface area contributed by atoms with Crippen molar-refractivity contribution in [2.24, 2.45) is 0 Å². The number of aliphatic hydroxyl groups excluding tert-OH is 1. The van der Waals surface area contributed by atoms with Crippen molar-refractivity contribution in [3.63, 3.8) is 0 Å².